The molecule has 130 valence electrons. The number of amides is 1. The Kier molecular flexibility index (Phi) is 5.88. The van der Waals surface area contributed by atoms with Crippen molar-refractivity contribution in [2.24, 2.45) is 0 Å². The number of nitrogens with zero attached hydrogens (tertiary/aromatic N) is 3. The van der Waals surface area contributed by atoms with Crippen LogP contribution in [0.3, 0.4) is 0 Å². The molecular formula is C18H20N4OS2. The van der Waals surface area contributed by atoms with Crippen LogP contribution >= 0.6 is 23.1 Å². The lowest BCUT2D eigenvalue weighted by Crippen LogP contribution is -2.27. The van der Waals surface area contributed by atoms with Gasteiger partial charge in [-0.1, -0.05) is 48.2 Å². The van der Waals surface area contributed by atoms with Crippen molar-refractivity contribution < 1.29 is 4.79 Å². The highest BCUT2D eigenvalue weighted by atomic mass is 32.2. The van der Waals surface area contributed by atoms with Gasteiger partial charge in [-0.25, -0.2) is 0 Å². The Bertz CT molecular complexity index is 815. The maximum absolute atomic E-state index is 12.2. The average Bonchev–Trinajstić information content (AvgIpc) is 3.26. The predicted octanol–water partition coefficient (Wildman–Crippen LogP) is 3.67. The molecule has 0 bridgehead atoms. The fourth-order valence-electron chi connectivity index (χ4n) is 2.44. The minimum absolute atomic E-state index is 0.00202. The number of carbonyl (C=O) groups is 1. The zero-order chi connectivity index (χ0) is 17.6. The normalized spacial score (nSPS) is 12.1. The smallest absolute Gasteiger partial charge is 0.230 e. The zero-order valence-electron chi connectivity index (χ0n) is 14.2. The summed E-state index contributed by atoms with van der Waals surface area (Å²) in [6.07, 6.45) is 0. The van der Waals surface area contributed by atoms with Crippen LogP contribution in [0.25, 0.3) is 0 Å². The summed E-state index contributed by atoms with van der Waals surface area (Å²) in [6.45, 7) is 4.63. The summed E-state index contributed by atoms with van der Waals surface area (Å²) in [5.74, 6) is 1.17. The maximum atomic E-state index is 12.2. The Balaban J connectivity index is 1.59. The van der Waals surface area contributed by atoms with E-state index in [1.54, 1.807) is 11.3 Å². The molecule has 5 nitrogen and oxygen atoms in total. The molecule has 1 unspecified atom stereocenters. The summed E-state index contributed by atoms with van der Waals surface area (Å²) in [5.41, 5.74) is 1.18. The number of aryl methyl sites for hydroxylation is 1. The van der Waals surface area contributed by atoms with Crippen molar-refractivity contribution in [3.8, 4) is 0 Å². The van der Waals surface area contributed by atoms with E-state index in [-0.39, 0.29) is 11.9 Å². The van der Waals surface area contributed by atoms with Gasteiger partial charge in [0.05, 0.1) is 18.3 Å². The van der Waals surface area contributed by atoms with Crippen LogP contribution in [0.15, 0.2) is 53.0 Å². The lowest BCUT2D eigenvalue weighted by Gasteiger charge is -2.12. The maximum Gasteiger partial charge on any atom is 0.230 e. The largest absolute Gasteiger partial charge is 0.348 e. The van der Waals surface area contributed by atoms with E-state index in [9.17, 15) is 4.79 Å². The minimum atomic E-state index is -0.00202. The number of thiophene rings is 1. The second-order valence-corrected chi connectivity index (χ2v) is 7.62. The van der Waals surface area contributed by atoms with Gasteiger partial charge >= 0.3 is 0 Å². The number of benzene rings is 1. The van der Waals surface area contributed by atoms with E-state index in [0.29, 0.717) is 12.3 Å². The standard InChI is InChI=1S/C18H20N4OS2/c1-13(16-9-6-10-24-16)19-17(23)12-25-18-21-20-14(2)22(18)11-15-7-4-3-5-8-15/h3-10,13H,11-12H2,1-2H3,(H,19,23). The molecular weight excluding hydrogens is 352 g/mol. The first kappa shape index (κ1) is 17.7. The van der Waals surface area contributed by atoms with Gasteiger partial charge in [0.1, 0.15) is 5.82 Å². The van der Waals surface area contributed by atoms with Crippen LogP contribution in [0.5, 0.6) is 0 Å². The van der Waals surface area contributed by atoms with Crippen LogP contribution < -0.4 is 5.32 Å². The molecule has 25 heavy (non-hydrogen) atoms. The number of thioether (sulfide) groups is 1. The number of nitrogens with one attached hydrogen (secondary N) is 1. The molecule has 2 heterocycles. The van der Waals surface area contributed by atoms with Crippen LogP contribution in [0, 0.1) is 6.92 Å². The summed E-state index contributed by atoms with van der Waals surface area (Å²) in [7, 11) is 0. The minimum Gasteiger partial charge on any atom is -0.348 e. The van der Waals surface area contributed by atoms with E-state index in [0.717, 1.165) is 15.9 Å². The van der Waals surface area contributed by atoms with Crippen LogP contribution in [-0.4, -0.2) is 26.4 Å². The van der Waals surface area contributed by atoms with Crippen molar-refractivity contribution in [2.45, 2.75) is 31.6 Å². The van der Waals surface area contributed by atoms with Crippen molar-refractivity contribution in [1.82, 2.24) is 20.1 Å². The molecule has 0 aliphatic carbocycles. The van der Waals surface area contributed by atoms with Gasteiger partial charge in [0.25, 0.3) is 0 Å². The van der Waals surface area contributed by atoms with E-state index >= 15 is 0 Å². The highest BCUT2D eigenvalue weighted by Crippen LogP contribution is 2.20. The Hall–Kier alpha value is -2.12. The fourth-order valence-corrected chi connectivity index (χ4v) is 3.97. The van der Waals surface area contributed by atoms with Crippen molar-refractivity contribution in [3.63, 3.8) is 0 Å². The quantitative estimate of drug-likeness (QED) is 0.643. The average molecular weight is 373 g/mol. The van der Waals surface area contributed by atoms with E-state index in [2.05, 4.69) is 27.6 Å². The van der Waals surface area contributed by atoms with E-state index < -0.39 is 0 Å². The van der Waals surface area contributed by atoms with Crippen LogP contribution in [0.2, 0.25) is 0 Å². The van der Waals surface area contributed by atoms with E-state index in [1.807, 2.05) is 54.1 Å². The van der Waals surface area contributed by atoms with Gasteiger partial charge in [-0.3, -0.25) is 4.79 Å². The zero-order valence-corrected chi connectivity index (χ0v) is 15.8. The number of aromatic nitrogens is 3. The molecule has 0 aliphatic rings. The van der Waals surface area contributed by atoms with E-state index in [4.69, 9.17) is 0 Å². The van der Waals surface area contributed by atoms with Gasteiger partial charge in [-0.05, 0) is 30.9 Å². The molecule has 0 radical (unpaired) electrons. The molecule has 1 atom stereocenters. The van der Waals surface area contributed by atoms with Gasteiger partial charge in [-0.15, -0.1) is 21.5 Å². The number of hydrogen-bond donors (Lipinski definition) is 1. The summed E-state index contributed by atoms with van der Waals surface area (Å²) in [4.78, 5) is 13.4. The Morgan fingerprint density at radius 3 is 2.76 bits per heavy atom. The van der Waals surface area contributed by atoms with Gasteiger partial charge in [-0.2, -0.15) is 0 Å². The van der Waals surface area contributed by atoms with Crippen molar-refractivity contribution in [1.29, 1.82) is 0 Å². The Labute approximate surface area is 155 Å². The predicted molar refractivity (Wildman–Crippen MR) is 102 cm³/mol. The van der Waals surface area contributed by atoms with Gasteiger partial charge < -0.3 is 9.88 Å². The van der Waals surface area contributed by atoms with Crippen molar-refractivity contribution in [3.05, 3.63) is 64.1 Å². The second kappa shape index (κ2) is 8.31. The number of rotatable bonds is 7. The molecule has 1 aromatic carbocycles. The molecule has 2 aromatic heterocycles. The third kappa shape index (κ3) is 4.70. The summed E-state index contributed by atoms with van der Waals surface area (Å²) in [5, 5.41) is 14.2. The fraction of sp³-hybridized carbons (Fsp3) is 0.278. The third-order valence-corrected chi connectivity index (χ3v) is 5.79. The highest BCUT2D eigenvalue weighted by Gasteiger charge is 2.14. The molecule has 1 amide bonds. The van der Waals surface area contributed by atoms with Gasteiger partial charge in [0, 0.05) is 4.88 Å². The summed E-state index contributed by atoms with van der Waals surface area (Å²) in [6, 6.07) is 14.2. The number of hydrogen-bond acceptors (Lipinski definition) is 5. The SMILES string of the molecule is Cc1nnc(SCC(=O)NC(C)c2cccs2)n1Cc1ccccc1. The van der Waals surface area contributed by atoms with E-state index in [1.165, 1.54) is 17.3 Å². The van der Waals surface area contributed by atoms with Crippen molar-refractivity contribution in [2.75, 3.05) is 5.75 Å². The first-order valence-corrected chi connectivity index (χ1v) is 9.89. The Morgan fingerprint density at radius 2 is 2.04 bits per heavy atom. The molecule has 3 aromatic rings. The topological polar surface area (TPSA) is 59.8 Å². The van der Waals surface area contributed by atoms with Gasteiger partial charge in [0.15, 0.2) is 5.16 Å². The lowest BCUT2D eigenvalue weighted by molar-refractivity contribution is -0.119. The molecule has 0 spiro atoms. The molecule has 7 heteroatoms. The summed E-state index contributed by atoms with van der Waals surface area (Å²) < 4.78 is 2.04. The highest BCUT2D eigenvalue weighted by molar-refractivity contribution is 7.99. The Morgan fingerprint density at radius 1 is 1.24 bits per heavy atom. The molecule has 0 saturated heterocycles. The molecule has 0 aliphatic heterocycles. The lowest BCUT2D eigenvalue weighted by atomic mass is 10.2. The first-order valence-electron chi connectivity index (χ1n) is 8.03. The molecule has 0 saturated carbocycles. The van der Waals surface area contributed by atoms with Crippen LogP contribution in [0.4, 0.5) is 0 Å². The number of carbonyl (C=O) groups excluding carboxylic acids is 1. The molecule has 3 rings (SSSR count). The van der Waals surface area contributed by atoms with Crippen molar-refractivity contribution >= 4 is 29.0 Å². The third-order valence-electron chi connectivity index (χ3n) is 3.77. The molecule has 0 fully saturated rings. The first-order chi connectivity index (χ1) is 12.1. The van der Waals surface area contributed by atoms with Crippen LogP contribution in [-0.2, 0) is 11.3 Å². The summed E-state index contributed by atoms with van der Waals surface area (Å²) >= 11 is 3.06. The molecule has 1 N–H and O–H groups in total. The second-order valence-electron chi connectivity index (χ2n) is 5.69. The van der Waals surface area contributed by atoms with Gasteiger partial charge in [0.2, 0.25) is 5.91 Å². The monoisotopic (exact) mass is 372 g/mol. The van der Waals surface area contributed by atoms with Crippen LogP contribution in [0.1, 0.15) is 29.2 Å².